The van der Waals surface area contributed by atoms with Gasteiger partial charge < -0.3 is 4.42 Å². The maximum atomic E-state index is 9.52. The van der Waals surface area contributed by atoms with Crippen LogP contribution in [0, 0.1) is 0 Å². The fraction of sp³-hybridized carbons (Fsp3) is 0. The molecule has 0 atom stereocenters. The topological polar surface area (TPSA) is 13.1 Å². The van der Waals surface area contributed by atoms with Crippen molar-refractivity contribution in [1.82, 2.24) is 0 Å². The molecule has 210 valence electrons. The van der Waals surface area contributed by atoms with Gasteiger partial charge in [-0.25, -0.2) is 0 Å². The van der Waals surface area contributed by atoms with Gasteiger partial charge in [-0.1, -0.05) is 152 Å². The summed E-state index contributed by atoms with van der Waals surface area (Å²) in [5.41, 5.74) is 7.64. The minimum atomic E-state index is -0.342. The van der Waals surface area contributed by atoms with Crippen LogP contribution >= 0.6 is 0 Å². The smallest absolute Gasteiger partial charge is 0.136 e. The summed E-state index contributed by atoms with van der Waals surface area (Å²) in [6, 6.07) is 41.9. The molecule has 8 aromatic carbocycles. The first-order chi connectivity index (χ1) is 24.8. The van der Waals surface area contributed by atoms with E-state index in [4.69, 9.17) is 9.90 Å². The Hall–Kier alpha value is -5.92. The summed E-state index contributed by atoms with van der Waals surface area (Å²) in [7, 11) is 0. The van der Waals surface area contributed by atoms with Crippen LogP contribution in [0.1, 0.15) is 8.22 Å². The van der Waals surface area contributed by atoms with Gasteiger partial charge in [-0.2, -0.15) is 0 Å². The highest BCUT2D eigenvalue weighted by atomic mass is 16.3. The van der Waals surface area contributed by atoms with Gasteiger partial charge in [0, 0.05) is 10.8 Å². The van der Waals surface area contributed by atoms with Crippen molar-refractivity contribution in [2.24, 2.45) is 0 Å². The predicted molar refractivity (Wildman–Crippen MR) is 190 cm³/mol. The summed E-state index contributed by atoms with van der Waals surface area (Å²) in [5, 5.41) is 3.61. The zero-order chi connectivity index (χ0) is 35.0. The van der Waals surface area contributed by atoms with Gasteiger partial charge in [0.2, 0.25) is 0 Å². The summed E-state index contributed by atoms with van der Waals surface area (Å²) in [6.07, 6.45) is 0. The molecule has 1 aromatic heterocycles. The van der Waals surface area contributed by atoms with Crippen LogP contribution in [0.2, 0.25) is 0 Å². The predicted octanol–water partition coefficient (Wildman–Crippen LogP) is 12.6. The zero-order valence-electron chi connectivity index (χ0n) is 30.1. The number of rotatable bonds is 4. The molecule has 0 bridgehead atoms. The third kappa shape index (κ3) is 4.09. The van der Waals surface area contributed by atoms with Crippen molar-refractivity contribution < 1.29 is 12.6 Å². The van der Waals surface area contributed by atoms with E-state index in [1.807, 2.05) is 115 Å². The maximum absolute atomic E-state index is 9.52. The van der Waals surface area contributed by atoms with Crippen molar-refractivity contribution in [3.63, 3.8) is 0 Å². The molecule has 1 heteroatoms. The van der Waals surface area contributed by atoms with Crippen molar-refractivity contribution >= 4 is 43.5 Å². The van der Waals surface area contributed by atoms with E-state index >= 15 is 0 Å². The Morgan fingerprint density at radius 3 is 1.67 bits per heavy atom. The van der Waals surface area contributed by atoms with E-state index in [1.54, 1.807) is 12.1 Å². The Morgan fingerprint density at radius 1 is 0.378 bits per heavy atom. The molecule has 0 aliphatic carbocycles. The molecule has 0 radical (unpaired) electrons. The lowest BCUT2D eigenvalue weighted by molar-refractivity contribution is 0.669. The largest absolute Gasteiger partial charge is 0.456 e. The van der Waals surface area contributed by atoms with E-state index < -0.39 is 0 Å². The highest BCUT2D eigenvalue weighted by molar-refractivity contribution is 6.26. The Balaban J connectivity index is 1.56. The molecule has 9 aromatic rings. The molecule has 0 aliphatic rings. The molecule has 0 saturated carbocycles. The maximum Gasteiger partial charge on any atom is 0.136 e. The molecular weight excluding hydrogens is 544 g/mol. The number of furan rings is 1. The van der Waals surface area contributed by atoms with E-state index in [9.17, 15) is 2.74 Å². The third-order valence-electron chi connectivity index (χ3n) is 8.67. The first-order valence-electron chi connectivity index (χ1n) is 17.9. The zero-order valence-corrected chi connectivity index (χ0v) is 24.1. The van der Waals surface area contributed by atoms with Crippen molar-refractivity contribution in [2.45, 2.75) is 0 Å². The fourth-order valence-corrected chi connectivity index (χ4v) is 6.73. The average Bonchev–Trinajstić information content (AvgIpc) is 3.55. The summed E-state index contributed by atoms with van der Waals surface area (Å²) in [5.74, 6) is 0. The summed E-state index contributed by atoms with van der Waals surface area (Å²) < 4.78 is 61.0. The Kier molecular flexibility index (Phi) is 4.63. The van der Waals surface area contributed by atoms with Gasteiger partial charge in [-0.3, -0.25) is 0 Å². The van der Waals surface area contributed by atoms with Crippen LogP contribution in [0.15, 0.2) is 174 Å². The summed E-state index contributed by atoms with van der Waals surface area (Å²) in [4.78, 5) is 0. The lowest BCUT2D eigenvalue weighted by Crippen LogP contribution is -1.93. The van der Waals surface area contributed by atoms with Gasteiger partial charge in [-0.15, -0.1) is 0 Å². The number of benzene rings is 8. The first kappa shape index (κ1) is 20.1. The monoisotopic (exact) mass is 578 g/mol. The Labute approximate surface area is 270 Å². The second-order valence-electron chi connectivity index (χ2n) is 11.2. The molecule has 0 saturated heterocycles. The van der Waals surface area contributed by atoms with E-state index in [1.165, 1.54) is 0 Å². The van der Waals surface area contributed by atoms with Gasteiger partial charge in [0.15, 0.2) is 0 Å². The highest BCUT2D eigenvalue weighted by Gasteiger charge is 2.22. The second kappa shape index (κ2) is 10.4. The number of fused-ring (bicyclic) bond motifs is 5. The van der Waals surface area contributed by atoms with Gasteiger partial charge in [0.1, 0.15) is 11.2 Å². The van der Waals surface area contributed by atoms with Crippen LogP contribution in [0.4, 0.5) is 0 Å². The molecule has 1 nitrogen and oxygen atoms in total. The Morgan fingerprint density at radius 2 is 0.956 bits per heavy atom. The molecular formula is C44H28O. The molecule has 0 unspecified atom stereocenters. The molecule has 0 aliphatic heterocycles. The summed E-state index contributed by atoms with van der Waals surface area (Å²) in [6.45, 7) is 0. The van der Waals surface area contributed by atoms with Crippen LogP contribution in [0.3, 0.4) is 0 Å². The lowest BCUT2D eigenvalue weighted by Gasteiger charge is -2.20. The molecule has 0 amide bonds. The number of hydrogen-bond donors (Lipinski definition) is 0. The van der Waals surface area contributed by atoms with Gasteiger partial charge in [0.25, 0.3) is 0 Å². The van der Waals surface area contributed by atoms with Crippen LogP contribution < -0.4 is 0 Å². The average molecular weight is 579 g/mol. The second-order valence-corrected chi connectivity index (χ2v) is 11.2. The number of hydrogen-bond acceptors (Lipinski definition) is 1. The van der Waals surface area contributed by atoms with Gasteiger partial charge in [0.05, 0.1) is 8.22 Å². The molecule has 0 fully saturated rings. The van der Waals surface area contributed by atoms with Crippen LogP contribution in [0.5, 0.6) is 0 Å². The quantitative estimate of drug-likeness (QED) is 0.189. The fourth-order valence-electron chi connectivity index (χ4n) is 6.73. The van der Waals surface area contributed by atoms with Crippen molar-refractivity contribution in [2.75, 3.05) is 0 Å². The van der Waals surface area contributed by atoms with E-state index in [-0.39, 0.29) is 36.3 Å². The molecule has 0 N–H and O–H groups in total. The lowest BCUT2D eigenvalue weighted by atomic mass is 9.82. The van der Waals surface area contributed by atoms with Crippen LogP contribution in [0.25, 0.3) is 88.0 Å². The van der Waals surface area contributed by atoms with E-state index in [0.29, 0.717) is 43.8 Å². The van der Waals surface area contributed by atoms with E-state index in [0.717, 1.165) is 44.2 Å². The number of para-hydroxylation sites is 1. The standard InChI is InChI=1S/C44H28O/c1-3-15-29(16-4-1)31-27-39(44-38-25-13-14-26-40(38)45-41(44)28-31)43-36-23-11-9-21-34(36)42(35-22-10-12-24-37(35)43)33-20-8-7-19-32(33)30-17-5-2-6-18-30/h1-28H/i9D,10D,11D,12D,21D,23D. The Bertz CT molecular complexity index is 2860. The molecule has 0 spiro atoms. The van der Waals surface area contributed by atoms with Gasteiger partial charge in [-0.05, 0) is 84.3 Å². The minimum absolute atomic E-state index is 0.0127. The van der Waals surface area contributed by atoms with Crippen molar-refractivity contribution in [1.29, 1.82) is 0 Å². The first-order valence-corrected chi connectivity index (χ1v) is 14.9. The van der Waals surface area contributed by atoms with Gasteiger partial charge >= 0.3 is 0 Å². The normalized spacial score (nSPS) is 13.4. The van der Waals surface area contributed by atoms with Crippen LogP contribution in [-0.4, -0.2) is 0 Å². The molecule has 1 heterocycles. The SMILES string of the molecule is [2H]c1cc2c(-c3ccccc3-c3ccccc3)c3c([2H])c([2H])c([2H])c([2H])c3c(-c3cc(-c4ccccc4)cc4oc5ccccc5c34)c2cc1[2H]. The molecule has 9 rings (SSSR count). The van der Waals surface area contributed by atoms with Crippen molar-refractivity contribution in [3.05, 3.63) is 170 Å². The molecule has 45 heavy (non-hydrogen) atoms. The minimum Gasteiger partial charge on any atom is -0.456 e. The van der Waals surface area contributed by atoms with E-state index in [2.05, 4.69) is 6.07 Å². The van der Waals surface area contributed by atoms with Crippen molar-refractivity contribution in [3.8, 4) is 44.5 Å². The summed E-state index contributed by atoms with van der Waals surface area (Å²) >= 11 is 0. The third-order valence-corrected chi connectivity index (χ3v) is 8.67. The highest BCUT2D eigenvalue weighted by Crippen LogP contribution is 2.49. The van der Waals surface area contributed by atoms with Crippen LogP contribution in [-0.2, 0) is 0 Å².